The maximum absolute atomic E-state index is 12.5. The Morgan fingerprint density at radius 1 is 1.23 bits per heavy atom. The summed E-state index contributed by atoms with van der Waals surface area (Å²) in [5.41, 5.74) is 2.65. The van der Waals surface area contributed by atoms with E-state index in [0.717, 1.165) is 47.3 Å². The molecule has 1 aliphatic carbocycles. The summed E-state index contributed by atoms with van der Waals surface area (Å²) < 4.78 is 11.7. The molecule has 4 heteroatoms. The summed E-state index contributed by atoms with van der Waals surface area (Å²) >= 11 is 0. The summed E-state index contributed by atoms with van der Waals surface area (Å²) in [5, 5.41) is 10.2. The minimum absolute atomic E-state index is 0.0682. The van der Waals surface area contributed by atoms with Crippen LogP contribution in [0.2, 0.25) is 0 Å². The van der Waals surface area contributed by atoms with Crippen LogP contribution < -0.4 is 4.74 Å². The van der Waals surface area contributed by atoms with E-state index >= 15 is 0 Å². The van der Waals surface area contributed by atoms with Gasteiger partial charge in [0.15, 0.2) is 0 Å². The van der Waals surface area contributed by atoms with Crippen LogP contribution in [-0.2, 0) is 16.0 Å². The van der Waals surface area contributed by atoms with E-state index in [9.17, 15) is 9.90 Å². The van der Waals surface area contributed by atoms with Gasteiger partial charge in [-0.1, -0.05) is 0 Å². The van der Waals surface area contributed by atoms with Crippen LogP contribution in [0.25, 0.3) is 0 Å². The van der Waals surface area contributed by atoms with Crippen molar-refractivity contribution in [3.05, 3.63) is 22.3 Å². The molecule has 1 N–H and O–H groups in total. The monoisotopic (exact) mass is 304 g/mol. The maximum Gasteiger partial charge on any atom is 0.350 e. The van der Waals surface area contributed by atoms with E-state index in [2.05, 4.69) is 0 Å². The third-order valence-electron chi connectivity index (χ3n) is 5.28. The molecular weight excluding hydrogens is 280 g/mol. The predicted molar refractivity (Wildman–Crippen MR) is 83.4 cm³/mol. The lowest BCUT2D eigenvalue weighted by Gasteiger charge is -2.37. The zero-order chi connectivity index (χ0) is 16.1. The number of aromatic hydroxyl groups is 1. The molecule has 1 aliphatic heterocycles. The number of hydrogen-bond donors (Lipinski definition) is 1. The lowest BCUT2D eigenvalue weighted by Crippen LogP contribution is -2.47. The highest BCUT2D eigenvalue weighted by Gasteiger charge is 2.43. The van der Waals surface area contributed by atoms with Gasteiger partial charge in [0, 0.05) is 12.0 Å². The van der Waals surface area contributed by atoms with Crippen molar-refractivity contribution < 1.29 is 19.4 Å². The van der Waals surface area contributed by atoms with Gasteiger partial charge >= 0.3 is 5.97 Å². The van der Waals surface area contributed by atoms with Crippen molar-refractivity contribution in [1.29, 1.82) is 0 Å². The first kappa shape index (κ1) is 15.2. The maximum atomic E-state index is 12.5. The van der Waals surface area contributed by atoms with Crippen molar-refractivity contribution in [3.63, 3.8) is 0 Å². The topological polar surface area (TPSA) is 55.8 Å². The number of fused-ring (bicyclic) bond motifs is 1. The third-order valence-corrected chi connectivity index (χ3v) is 5.28. The molecule has 1 atom stereocenters. The Hall–Kier alpha value is -1.71. The molecule has 1 aromatic rings. The third kappa shape index (κ3) is 2.25. The Morgan fingerprint density at radius 2 is 1.91 bits per heavy atom. The number of ether oxygens (including phenoxy) is 2. The van der Waals surface area contributed by atoms with Gasteiger partial charge in [0.25, 0.3) is 0 Å². The molecule has 2 aliphatic rings. The van der Waals surface area contributed by atoms with E-state index in [0.29, 0.717) is 18.6 Å². The first-order valence-electron chi connectivity index (χ1n) is 8.05. The molecule has 0 spiro atoms. The van der Waals surface area contributed by atoms with Crippen LogP contribution in [0, 0.1) is 20.8 Å². The number of phenols is 1. The zero-order valence-corrected chi connectivity index (χ0v) is 13.8. The number of rotatable bonds is 2. The Balaban J connectivity index is 1.91. The fraction of sp³-hybridized carbons (Fsp3) is 0.611. The second-order valence-electron chi connectivity index (χ2n) is 6.82. The van der Waals surface area contributed by atoms with Gasteiger partial charge in [0.2, 0.25) is 5.60 Å². The Morgan fingerprint density at radius 3 is 2.50 bits per heavy atom. The van der Waals surface area contributed by atoms with Gasteiger partial charge in [-0.3, -0.25) is 0 Å². The fourth-order valence-electron chi connectivity index (χ4n) is 3.16. The van der Waals surface area contributed by atoms with Gasteiger partial charge in [-0.25, -0.2) is 4.79 Å². The Bertz CT molecular complexity index is 631. The van der Waals surface area contributed by atoms with Crippen LogP contribution in [0.15, 0.2) is 0 Å². The molecule has 0 bridgehead atoms. The lowest BCUT2D eigenvalue weighted by atomic mass is 9.87. The first-order valence-corrected chi connectivity index (χ1v) is 8.05. The summed E-state index contributed by atoms with van der Waals surface area (Å²) in [7, 11) is 0. The molecule has 1 unspecified atom stereocenters. The predicted octanol–water partition coefficient (Wildman–Crippen LogP) is 3.50. The lowest BCUT2D eigenvalue weighted by molar-refractivity contribution is -0.171. The summed E-state index contributed by atoms with van der Waals surface area (Å²) in [6, 6.07) is 0. The smallest absolute Gasteiger partial charge is 0.350 e. The zero-order valence-electron chi connectivity index (χ0n) is 13.8. The summed E-state index contributed by atoms with van der Waals surface area (Å²) in [4.78, 5) is 12.5. The van der Waals surface area contributed by atoms with Crippen LogP contribution in [0.5, 0.6) is 11.5 Å². The highest BCUT2D eigenvalue weighted by Crippen LogP contribution is 2.43. The molecule has 0 amide bonds. The number of benzene rings is 1. The molecule has 0 saturated heterocycles. The van der Waals surface area contributed by atoms with E-state index in [-0.39, 0.29) is 12.1 Å². The fourth-order valence-corrected chi connectivity index (χ4v) is 3.16. The van der Waals surface area contributed by atoms with Crippen molar-refractivity contribution in [1.82, 2.24) is 0 Å². The number of hydrogen-bond acceptors (Lipinski definition) is 4. The average molecular weight is 304 g/mol. The van der Waals surface area contributed by atoms with Crippen molar-refractivity contribution in [2.75, 3.05) is 0 Å². The number of carbonyl (C=O) groups is 1. The molecule has 1 aromatic carbocycles. The Labute approximate surface area is 131 Å². The Kier molecular flexibility index (Phi) is 3.58. The molecule has 4 nitrogen and oxygen atoms in total. The molecule has 0 radical (unpaired) electrons. The van der Waals surface area contributed by atoms with Crippen LogP contribution in [0.1, 0.15) is 54.9 Å². The second-order valence-corrected chi connectivity index (χ2v) is 6.82. The first-order chi connectivity index (χ1) is 10.3. The normalized spacial score (nSPS) is 24.2. The summed E-state index contributed by atoms with van der Waals surface area (Å²) in [5.74, 6) is 0.818. The molecule has 1 fully saturated rings. The van der Waals surface area contributed by atoms with Gasteiger partial charge in [-0.2, -0.15) is 0 Å². The van der Waals surface area contributed by atoms with Crippen LogP contribution in [0.4, 0.5) is 0 Å². The number of carbonyl (C=O) groups excluding carboxylic acids is 1. The van der Waals surface area contributed by atoms with Crippen molar-refractivity contribution >= 4 is 5.97 Å². The van der Waals surface area contributed by atoms with E-state index in [1.807, 2.05) is 27.7 Å². The van der Waals surface area contributed by atoms with Gasteiger partial charge in [-0.15, -0.1) is 0 Å². The summed E-state index contributed by atoms with van der Waals surface area (Å²) in [6.45, 7) is 7.52. The van der Waals surface area contributed by atoms with Crippen LogP contribution in [-0.4, -0.2) is 22.8 Å². The van der Waals surface area contributed by atoms with Gasteiger partial charge in [-0.05, 0) is 70.1 Å². The number of phenolic OH excluding ortho intramolecular Hbond substituents is 1. The van der Waals surface area contributed by atoms with Crippen LogP contribution in [0.3, 0.4) is 0 Å². The minimum atomic E-state index is -0.927. The van der Waals surface area contributed by atoms with E-state index in [4.69, 9.17) is 9.47 Å². The molecule has 0 aromatic heterocycles. The second kappa shape index (κ2) is 5.18. The molecular formula is C18H24O4. The molecule has 120 valence electrons. The van der Waals surface area contributed by atoms with Gasteiger partial charge in [0.1, 0.15) is 17.6 Å². The van der Waals surface area contributed by atoms with Crippen molar-refractivity contribution in [2.45, 2.75) is 71.5 Å². The van der Waals surface area contributed by atoms with Crippen molar-refractivity contribution in [3.8, 4) is 11.5 Å². The van der Waals surface area contributed by atoms with E-state index in [1.54, 1.807) is 0 Å². The number of esters is 1. The summed E-state index contributed by atoms with van der Waals surface area (Å²) in [6.07, 6.45) is 4.42. The van der Waals surface area contributed by atoms with Crippen molar-refractivity contribution in [2.24, 2.45) is 0 Å². The molecule has 1 saturated carbocycles. The van der Waals surface area contributed by atoms with E-state index in [1.165, 1.54) is 0 Å². The SMILES string of the molecule is Cc1c(C)c2c(c(C)c1O)CCC(C)(C(=O)OC1CCC1)O2. The molecule has 3 rings (SSSR count). The quantitative estimate of drug-likeness (QED) is 0.850. The van der Waals surface area contributed by atoms with Gasteiger partial charge in [0.05, 0.1) is 0 Å². The minimum Gasteiger partial charge on any atom is -0.507 e. The standard InChI is InChI=1S/C18H24O4/c1-10-11(2)16-14(12(3)15(10)19)8-9-18(4,22-16)17(20)21-13-6-5-7-13/h13,19H,5-9H2,1-4H3. The van der Waals surface area contributed by atoms with E-state index < -0.39 is 5.60 Å². The largest absolute Gasteiger partial charge is 0.507 e. The highest BCUT2D eigenvalue weighted by molar-refractivity contribution is 5.80. The molecule has 1 heterocycles. The average Bonchev–Trinajstić information content (AvgIpc) is 2.46. The van der Waals surface area contributed by atoms with Gasteiger partial charge < -0.3 is 14.6 Å². The highest BCUT2D eigenvalue weighted by atomic mass is 16.6. The van der Waals surface area contributed by atoms with Crippen LogP contribution >= 0.6 is 0 Å². The molecule has 22 heavy (non-hydrogen) atoms.